The highest BCUT2D eigenvalue weighted by molar-refractivity contribution is 5.15. The van der Waals surface area contributed by atoms with E-state index in [1.807, 2.05) is 30.3 Å². The molecule has 1 atom stereocenters. The first-order valence-electron chi connectivity index (χ1n) is 5.26. The fourth-order valence-corrected chi connectivity index (χ4v) is 1.77. The Morgan fingerprint density at radius 2 is 1.71 bits per heavy atom. The number of nitrogens with one attached hydrogen (secondary N) is 2. The second-order valence-corrected chi connectivity index (χ2v) is 3.76. The van der Waals surface area contributed by atoms with Gasteiger partial charge in [0.15, 0.2) is 0 Å². The van der Waals surface area contributed by atoms with E-state index < -0.39 is 17.4 Å². The van der Waals surface area contributed by atoms with E-state index in [0.717, 1.165) is 10.1 Å². The van der Waals surface area contributed by atoms with E-state index in [-0.39, 0.29) is 6.61 Å². The van der Waals surface area contributed by atoms with Crippen LogP contribution in [0.4, 0.5) is 0 Å². The minimum atomic E-state index is -0.556. The van der Waals surface area contributed by atoms with Crippen LogP contribution in [0.25, 0.3) is 0 Å². The predicted molar refractivity (Wildman–Crippen MR) is 61.9 cm³/mol. The van der Waals surface area contributed by atoms with Gasteiger partial charge < -0.3 is 5.11 Å². The van der Waals surface area contributed by atoms with Gasteiger partial charge in [0.25, 0.3) is 0 Å². The summed E-state index contributed by atoms with van der Waals surface area (Å²) in [5.74, 6) is 0. The Morgan fingerprint density at radius 1 is 1.12 bits per heavy atom. The first-order valence-corrected chi connectivity index (χ1v) is 5.26. The highest BCUT2D eigenvalue weighted by Crippen LogP contribution is 2.10. The van der Waals surface area contributed by atoms with E-state index >= 15 is 0 Å². The standard InChI is InChI=1S/C11H13N3O3/c15-7-9(6-8-4-2-1-3-5-8)14-10(16)12-13-11(14)17/h1-5,9,15H,6-7H2,(H,12,16)(H,13,17)/t9-/m0/s1. The lowest BCUT2D eigenvalue weighted by molar-refractivity contribution is 0.222. The molecule has 0 aliphatic heterocycles. The molecule has 0 radical (unpaired) electrons. The third-order valence-electron chi connectivity index (χ3n) is 2.60. The number of aliphatic hydroxyl groups excluding tert-OH is 1. The van der Waals surface area contributed by atoms with Gasteiger partial charge in [0.1, 0.15) is 0 Å². The molecule has 0 spiro atoms. The van der Waals surface area contributed by atoms with Crippen LogP contribution in [0.15, 0.2) is 39.9 Å². The largest absolute Gasteiger partial charge is 0.394 e. The van der Waals surface area contributed by atoms with Crippen LogP contribution in [0, 0.1) is 0 Å². The summed E-state index contributed by atoms with van der Waals surface area (Å²) < 4.78 is 0.993. The number of nitrogens with zero attached hydrogens (tertiary/aromatic N) is 1. The number of H-pyrrole nitrogens is 2. The van der Waals surface area contributed by atoms with Crippen molar-refractivity contribution in [1.29, 1.82) is 0 Å². The molecule has 0 aliphatic carbocycles. The molecule has 0 unspecified atom stereocenters. The quantitative estimate of drug-likeness (QED) is 0.676. The van der Waals surface area contributed by atoms with Crippen molar-refractivity contribution in [2.75, 3.05) is 6.61 Å². The van der Waals surface area contributed by atoms with Gasteiger partial charge in [-0.1, -0.05) is 30.3 Å². The van der Waals surface area contributed by atoms with Gasteiger partial charge in [0, 0.05) is 0 Å². The average molecular weight is 235 g/mol. The van der Waals surface area contributed by atoms with Gasteiger partial charge in [-0.05, 0) is 12.0 Å². The number of rotatable bonds is 4. The fraction of sp³-hybridized carbons (Fsp3) is 0.273. The summed E-state index contributed by atoms with van der Waals surface area (Å²) in [6.07, 6.45) is 0.429. The average Bonchev–Trinajstić information content (AvgIpc) is 2.68. The van der Waals surface area contributed by atoms with Gasteiger partial charge in [0.05, 0.1) is 12.6 Å². The molecule has 2 aromatic rings. The SMILES string of the molecule is O=c1[nH][nH]c(=O)n1[C@H](CO)Cc1ccccc1. The summed E-state index contributed by atoms with van der Waals surface area (Å²) in [5, 5.41) is 13.7. The first kappa shape index (κ1) is 11.4. The molecular weight excluding hydrogens is 222 g/mol. The number of hydrogen-bond acceptors (Lipinski definition) is 3. The molecule has 6 heteroatoms. The van der Waals surface area contributed by atoms with Crippen LogP contribution < -0.4 is 11.4 Å². The summed E-state index contributed by atoms with van der Waals surface area (Å²) in [4.78, 5) is 22.8. The van der Waals surface area contributed by atoms with Crippen LogP contribution in [0.5, 0.6) is 0 Å². The molecule has 6 nitrogen and oxygen atoms in total. The number of hydrogen-bond donors (Lipinski definition) is 3. The molecule has 0 fully saturated rings. The van der Waals surface area contributed by atoms with Gasteiger partial charge in [-0.15, -0.1) is 0 Å². The molecule has 0 aliphatic rings. The van der Waals surface area contributed by atoms with E-state index in [1.54, 1.807) is 0 Å². The number of aliphatic hydroxyl groups is 1. The summed E-state index contributed by atoms with van der Waals surface area (Å²) in [6.45, 7) is -0.268. The van der Waals surface area contributed by atoms with E-state index in [9.17, 15) is 14.7 Å². The molecule has 2 rings (SSSR count). The van der Waals surface area contributed by atoms with Crippen LogP contribution in [0.1, 0.15) is 11.6 Å². The van der Waals surface area contributed by atoms with E-state index in [4.69, 9.17) is 0 Å². The maximum atomic E-state index is 11.4. The first-order chi connectivity index (χ1) is 8.22. The topological polar surface area (TPSA) is 90.9 Å². The van der Waals surface area contributed by atoms with Crippen LogP contribution in [-0.4, -0.2) is 26.5 Å². The number of benzene rings is 1. The Bertz CT molecular complexity index is 554. The zero-order valence-electron chi connectivity index (χ0n) is 9.09. The molecule has 3 N–H and O–H groups in total. The Balaban J connectivity index is 2.30. The highest BCUT2D eigenvalue weighted by atomic mass is 16.3. The van der Waals surface area contributed by atoms with Gasteiger partial charge in [0.2, 0.25) is 0 Å². The molecule has 0 amide bonds. The van der Waals surface area contributed by atoms with Crippen LogP contribution >= 0.6 is 0 Å². The highest BCUT2D eigenvalue weighted by Gasteiger charge is 2.16. The van der Waals surface area contributed by atoms with Crippen molar-refractivity contribution in [1.82, 2.24) is 14.8 Å². The van der Waals surface area contributed by atoms with Crippen LogP contribution in [0.2, 0.25) is 0 Å². The van der Waals surface area contributed by atoms with Crippen molar-refractivity contribution >= 4 is 0 Å². The molecule has 1 heterocycles. The van der Waals surface area contributed by atoms with Crippen LogP contribution in [0.3, 0.4) is 0 Å². The van der Waals surface area contributed by atoms with Gasteiger partial charge in [-0.2, -0.15) is 0 Å². The molecule has 0 bridgehead atoms. The van der Waals surface area contributed by atoms with Crippen molar-refractivity contribution in [3.05, 3.63) is 56.9 Å². The minimum absolute atomic E-state index is 0.268. The summed E-state index contributed by atoms with van der Waals surface area (Å²) in [7, 11) is 0. The summed E-state index contributed by atoms with van der Waals surface area (Å²) in [5.41, 5.74) is -0.117. The lowest BCUT2D eigenvalue weighted by atomic mass is 10.1. The van der Waals surface area contributed by atoms with Crippen molar-refractivity contribution in [3.8, 4) is 0 Å². The second kappa shape index (κ2) is 4.84. The third-order valence-corrected chi connectivity index (χ3v) is 2.60. The monoisotopic (exact) mass is 235 g/mol. The zero-order valence-corrected chi connectivity index (χ0v) is 9.09. The summed E-state index contributed by atoms with van der Waals surface area (Å²) in [6, 6.07) is 8.83. The Morgan fingerprint density at radius 3 is 2.24 bits per heavy atom. The maximum absolute atomic E-state index is 11.4. The molecule has 17 heavy (non-hydrogen) atoms. The Hall–Kier alpha value is -2.08. The Kier molecular flexibility index (Phi) is 3.24. The fourth-order valence-electron chi connectivity index (χ4n) is 1.77. The normalized spacial score (nSPS) is 12.5. The van der Waals surface area contributed by atoms with Crippen molar-refractivity contribution < 1.29 is 5.11 Å². The zero-order chi connectivity index (χ0) is 12.3. The Labute approximate surface area is 96.5 Å². The van der Waals surface area contributed by atoms with Crippen molar-refractivity contribution in [2.24, 2.45) is 0 Å². The van der Waals surface area contributed by atoms with Gasteiger partial charge in [-0.25, -0.2) is 24.4 Å². The van der Waals surface area contributed by atoms with Gasteiger partial charge in [-0.3, -0.25) is 0 Å². The second-order valence-electron chi connectivity index (χ2n) is 3.76. The molecule has 0 saturated carbocycles. The number of aromatic amines is 2. The molecular formula is C11H13N3O3. The van der Waals surface area contributed by atoms with Crippen LogP contribution in [-0.2, 0) is 6.42 Å². The maximum Gasteiger partial charge on any atom is 0.344 e. The number of aromatic nitrogens is 3. The predicted octanol–water partition coefficient (Wildman–Crippen LogP) is -0.359. The molecule has 90 valence electrons. The lowest BCUT2D eigenvalue weighted by Gasteiger charge is -2.13. The minimum Gasteiger partial charge on any atom is -0.394 e. The molecule has 1 aromatic carbocycles. The van der Waals surface area contributed by atoms with Crippen molar-refractivity contribution in [3.63, 3.8) is 0 Å². The summed E-state index contributed by atoms with van der Waals surface area (Å²) >= 11 is 0. The van der Waals surface area contributed by atoms with E-state index in [0.29, 0.717) is 6.42 Å². The van der Waals surface area contributed by atoms with Gasteiger partial charge >= 0.3 is 11.4 Å². The molecule has 1 aromatic heterocycles. The molecule has 0 saturated heterocycles. The van der Waals surface area contributed by atoms with E-state index in [1.165, 1.54) is 0 Å². The third kappa shape index (κ3) is 2.36. The lowest BCUT2D eigenvalue weighted by Crippen LogP contribution is -2.34. The van der Waals surface area contributed by atoms with Crippen molar-refractivity contribution in [2.45, 2.75) is 12.5 Å². The smallest absolute Gasteiger partial charge is 0.344 e. The van der Waals surface area contributed by atoms with E-state index in [2.05, 4.69) is 10.2 Å².